The van der Waals surface area contributed by atoms with Gasteiger partial charge in [-0.15, -0.1) is 5.10 Å². The summed E-state index contributed by atoms with van der Waals surface area (Å²) >= 11 is 0. The van der Waals surface area contributed by atoms with E-state index in [4.69, 9.17) is 19.5 Å². The van der Waals surface area contributed by atoms with Crippen molar-refractivity contribution in [2.24, 2.45) is 5.73 Å². The minimum Gasteiger partial charge on any atom is -0.387 e. The maximum atomic E-state index is 12.5. The van der Waals surface area contributed by atoms with Crippen molar-refractivity contribution in [2.75, 3.05) is 6.61 Å². The molecular formula is C32H38N6O9P+. The van der Waals surface area contributed by atoms with Gasteiger partial charge >= 0.3 is 7.82 Å². The summed E-state index contributed by atoms with van der Waals surface area (Å²) in [5.74, 6) is -0.738. The van der Waals surface area contributed by atoms with Gasteiger partial charge in [-0.2, -0.15) is 4.57 Å². The maximum Gasteiger partial charge on any atom is 0.472 e. The number of carbonyl (C=O) groups is 2. The van der Waals surface area contributed by atoms with Gasteiger partial charge in [0.25, 0.3) is 12.1 Å². The molecule has 1 fully saturated rings. The molecule has 0 spiro atoms. The Morgan fingerprint density at radius 1 is 1.00 bits per heavy atom. The number of carbonyl (C=O) groups excluding carboxylic acids is 2. The van der Waals surface area contributed by atoms with Crippen molar-refractivity contribution in [3.05, 3.63) is 102 Å². The second-order valence-electron chi connectivity index (χ2n) is 11.3. The van der Waals surface area contributed by atoms with Crippen LogP contribution in [0.1, 0.15) is 47.1 Å². The van der Waals surface area contributed by atoms with Crippen LogP contribution in [0.2, 0.25) is 0 Å². The molecule has 0 bridgehead atoms. The molecule has 3 heterocycles. The van der Waals surface area contributed by atoms with Crippen LogP contribution in [0.25, 0.3) is 11.1 Å². The van der Waals surface area contributed by atoms with Gasteiger partial charge in [-0.1, -0.05) is 59.8 Å². The van der Waals surface area contributed by atoms with Crippen LogP contribution in [0.15, 0.2) is 85.3 Å². The molecule has 16 heteroatoms. The molecule has 2 aromatic carbocycles. The molecule has 1 saturated heterocycles. The highest BCUT2D eigenvalue weighted by Crippen LogP contribution is 2.45. The molecule has 254 valence electrons. The number of pyridine rings is 1. The number of hydrogen-bond acceptors (Lipinski definition) is 10. The predicted molar refractivity (Wildman–Crippen MR) is 169 cm³/mol. The minimum atomic E-state index is -4.61. The lowest BCUT2D eigenvalue weighted by Crippen LogP contribution is -2.46. The lowest BCUT2D eigenvalue weighted by atomic mass is 10.0. The first-order valence-corrected chi connectivity index (χ1v) is 16.8. The second-order valence-corrected chi connectivity index (χ2v) is 12.7. The average Bonchev–Trinajstić information content (AvgIpc) is 3.67. The molecular weight excluding hydrogens is 643 g/mol. The van der Waals surface area contributed by atoms with Crippen LogP contribution in [-0.2, 0) is 42.8 Å². The molecule has 0 aliphatic carbocycles. The molecule has 2 aromatic heterocycles. The standard InChI is InChI=1S/C32H37N6O9P/c33-31(42)25-9-6-15-37(18-25)32-30(41)29(40)27(47-32)21-46-48(43,44)45-20-26-19-38(36-35-26)16-5-4-10-28(39)34-17-22-11-13-24(14-12-22)23-7-2-1-3-8-23/h1-3,6-9,11-15,18-19,27,29-30,32,40-41H,4-5,10,16-17,20-21H2,(H3-,33,34,39,42,43,44)/p+1/t27-,29-,30-,32-/m1/s1. The Kier molecular flexibility index (Phi) is 11.8. The van der Waals surface area contributed by atoms with Crippen molar-refractivity contribution in [3.8, 4) is 11.1 Å². The van der Waals surface area contributed by atoms with E-state index < -0.39 is 44.9 Å². The van der Waals surface area contributed by atoms with Crippen LogP contribution in [0.5, 0.6) is 0 Å². The van der Waals surface area contributed by atoms with Crippen LogP contribution in [0.3, 0.4) is 0 Å². The van der Waals surface area contributed by atoms with Gasteiger partial charge in [-0.3, -0.25) is 23.3 Å². The smallest absolute Gasteiger partial charge is 0.387 e. The summed E-state index contributed by atoms with van der Waals surface area (Å²) in [6.45, 7) is -0.0202. The number of aliphatic hydroxyl groups is 2. The zero-order valence-electron chi connectivity index (χ0n) is 25.9. The predicted octanol–water partition coefficient (Wildman–Crippen LogP) is 1.77. The fourth-order valence-electron chi connectivity index (χ4n) is 5.07. The molecule has 0 saturated carbocycles. The molecule has 5 rings (SSSR count). The first-order chi connectivity index (χ1) is 23.1. The van der Waals surface area contributed by atoms with E-state index in [1.54, 1.807) is 10.9 Å². The number of phosphoric acid groups is 1. The second kappa shape index (κ2) is 16.2. The number of aliphatic hydroxyl groups excluding tert-OH is 2. The molecule has 6 N–H and O–H groups in total. The Morgan fingerprint density at radius 2 is 1.75 bits per heavy atom. The summed E-state index contributed by atoms with van der Waals surface area (Å²) < 4.78 is 31.0. The number of aryl methyl sites for hydroxylation is 1. The van der Waals surface area contributed by atoms with Gasteiger partial charge in [0.2, 0.25) is 5.91 Å². The molecule has 5 atom stereocenters. The van der Waals surface area contributed by atoms with Gasteiger partial charge in [-0.05, 0) is 35.6 Å². The molecule has 1 aliphatic heterocycles. The van der Waals surface area contributed by atoms with Gasteiger partial charge in [-0.25, -0.2) is 4.57 Å². The number of amides is 2. The summed E-state index contributed by atoms with van der Waals surface area (Å²) in [4.78, 5) is 33.9. The number of primary amides is 1. The van der Waals surface area contributed by atoms with E-state index in [2.05, 4.69) is 27.8 Å². The number of phosphoric ester groups is 1. The fourth-order valence-corrected chi connectivity index (χ4v) is 5.78. The topological polar surface area (TPSA) is 212 Å². The van der Waals surface area contributed by atoms with Crippen molar-refractivity contribution in [3.63, 3.8) is 0 Å². The van der Waals surface area contributed by atoms with E-state index in [1.807, 2.05) is 42.5 Å². The molecule has 15 nitrogen and oxygen atoms in total. The summed E-state index contributed by atoms with van der Waals surface area (Å²) in [7, 11) is -4.61. The fraction of sp³-hybridized carbons (Fsp3) is 0.344. The van der Waals surface area contributed by atoms with E-state index in [9.17, 15) is 29.3 Å². The van der Waals surface area contributed by atoms with Crippen LogP contribution in [0, 0.1) is 0 Å². The minimum absolute atomic E-state index is 0.0508. The third-order valence-corrected chi connectivity index (χ3v) is 8.62. The van der Waals surface area contributed by atoms with Crippen molar-refractivity contribution in [1.29, 1.82) is 0 Å². The third-order valence-electron chi connectivity index (χ3n) is 7.69. The first kappa shape index (κ1) is 35.0. The largest absolute Gasteiger partial charge is 0.472 e. The maximum absolute atomic E-state index is 12.5. The van der Waals surface area contributed by atoms with Crippen LogP contribution in [-0.4, -0.2) is 66.8 Å². The Balaban J connectivity index is 0.980. The summed E-state index contributed by atoms with van der Waals surface area (Å²) in [6, 6.07) is 21.1. The van der Waals surface area contributed by atoms with Crippen molar-refractivity contribution in [2.45, 2.75) is 63.5 Å². The highest BCUT2D eigenvalue weighted by Gasteiger charge is 2.49. The Bertz CT molecular complexity index is 1720. The third kappa shape index (κ3) is 9.61. The zero-order valence-corrected chi connectivity index (χ0v) is 26.8. The Labute approximate surface area is 276 Å². The van der Waals surface area contributed by atoms with E-state index >= 15 is 0 Å². The van der Waals surface area contributed by atoms with Gasteiger partial charge in [0, 0.05) is 25.6 Å². The van der Waals surface area contributed by atoms with E-state index in [0.29, 0.717) is 32.4 Å². The highest BCUT2D eigenvalue weighted by molar-refractivity contribution is 7.47. The summed E-state index contributed by atoms with van der Waals surface area (Å²) in [5, 5.41) is 31.7. The van der Waals surface area contributed by atoms with E-state index in [-0.39, 0.29) is 23.8 Å². The quantitative estimate of drug-likeness (QED) is 0.0653. The number of hydrogen-bond donors (Lipinski definition) is 5. The molecule has 2 amide bonds. The number of aromatic nitrogens is 4. The molecule has 4 aromatic rings. The number of nitrogens with two attached hydrogens (primary N) is 1. The Hall–Kier alpha value is -4.34. The van der Waals surface area contributed by atoms with Crippen LogP contribution >= 0.6 is 7.82 Å². The van der Waals surface area contributed by atoms with Gasteiger partial charge in [0.05, 0.1) is 12.8 Å². The molecule has 0 radical (unpaired) electrons. The number of nitrogens with zero attached hydrogens (tertiary/aromatic N) is 4. The lowest BCUT2D eigenvalue weighted by molar-refractivity contribution is -0.765. The summed E-state index contributed by atoms with van der Waals surface area (Å²) in [6.07, 6.45) is 0.916. The van der Waals surface area contributed by atoms with Gasteiger partial charge < -0.3 is 30.9 Å². The Morgan fingerprint density at radius 3 is 2.50 bits per heavy atom. The van der Waals surface area contributed by atoms with Gasteiger partial charge in [0.15, 0.2) is 18.5 Å². The normalized spacial score (nSPS) is 20.3. The van der Waals surface area contributed by atoms with Crippen LogP contribution < -0.4 is 15.6 Å². The highest BCUT2D eigenvalue weighted by atomic mass is 31.2. The van der Waals surface area contributed by atoms with E-state index in [1.165, 1.54) is 29.1 Å². The van der Waals surface area contributed by atoms with Crippen molar-refractivity contribution < 1.29 is 47.6 Å². The number of nitrogens with one attached hydrogen (secondary N) is 1. The number of rotatable bonds is 16. The monoisotopic (exact) mass is 681 g/mol. The van der Waals surface area contributed by atoms with Crippen molar-refractivity contribution >= 4 is 19.6 Å². The molecule has 48 heavy (non-hydrogen) atoms. The molecule has 1 aliphatic rings. The number of ether oxygens (including phenoxy) is 1. The molecule has 1 unspecified atom stereocenters. The average molecular weight is 682 g/mol. The number of unbranched alkanes of at least 4 members (excludes halogenated alkanes) is 1. The summed E-state index contributed by atoms with van der Waals surface area (Å²) in [5.41, 5.74) is 9.00. The number of benzene rings is 2. The lowest BCUT2D eigenvalue weighted by Gasteiger charge is -2.16. The van der Waals surface area contributed by atoms with E-state index in [0.717, 1.165) is 16.7 Å². The SMILES string of the molecule is NC(=O)c1ccc[n+]([C@@H]2O[C@H](COP(=O)(O)OCc3cn(CCCCC(=O)NCc4ccc(-c5ccccc5)cc4)nn3)[C@@H](O)[C@H]2O)c1. The first-order valence-electron chi connectivity index (χ1n) is 15.3. The van der Waals surface area contributed by atoms with Crippen LogP contribution in [0.4, 0.5) is 0 Å². The van der Waals surface area contributed by atoms with Gasteiger partial charge in [0.1, 0.15) is 30.1 Å². The zero-order chi connectivity index (χ0) is 34.1. The van der Waals surface area contributed by atoms with Crippen molar-refractivity contribution in [1.82, 2.24) is 20.3 Å².